The summed E-state index contributed by atoms with van der Waals surface area (Å²) in [5.74, 6) is 0.185. The highest BCUT2D eigenvalue weighted by molar-refractivity contribution is 5.86. The number of hydrogen-bond acceptors (Lipinski definition) is 3. The number of likely N-dealkylation sites (tertiary alicyclic amines) is 1. The van der Waals surface area contributed by atoms with Gasteiger partial charge < -0.3 is 19.4 Å². The Morgan fingerprint density at radius 2 is 1.70 bits per heavy atom. The Kier molecular flexibility index (Phi) is 4.84. The van der Waals surface area contributed by atoms with Gasteiger partial charge in [0.25, 0.3) is 0 Å². The first kappa shape index (κ1) is 18.3. The summed E-state index contributed by atoms with van der Waals surface area (Å²) in [6, 6.07) is 8.54. The number of urea groups is 1. The molecule has 1 aromatic carbocycles. The Morgan fingerprint density at radius 1 is 1.04 bits per heavy atom. The van der Waals surface area contributed by atoms with Crippen LogP contribution in [0.25, 0.3) is 0 Å². The highest BCUT2D eigenvalue weighted by Crippen LogP contribution is 2.52. The predicted octanol–water partition coefficient (Wildman–Crippen LogP) is 2.05. The Labute approximate surface area is 161 Å². The molecular formula is C21H29N3O3. The number of piperidine rings is 1. The fourth-order valence-electron chi connectivity index (χ4n) is 5.00. The van der Waals surface area contributed by atoms with Crippen molar-refractivity contribution < 1.29 is 14.3 Å². The molecule has 2 saturated heterocycles. The van der Waals surface area contributed by atoms with Crippen LogP contribution in [0.15, 0.2) is 24.3 Å². The van der Waals surface area contributed by atoms with Gasteiger partial charge >= 0.3 is 6.03 Å². The van der Waals surface area contributed by atoms with Crippen LogP contribution in [0.1, 0.15) is 36.3 Å². The maximum Gasteiger partial charge on any atom is 0.319 e. The van der Waals surface area contributed by atoms with E-state index >= 15 is 0 Å². The third-order valence-electron chi connectivity index (χ3n) is 6.50. The lowest BCUT2D eigenvalue weighted by Gasteiger charge is -2.41. The first-order chi connectivity index (χ1) is 13.0. The fourth-order valence-corrected chi connectivity index (χ4v) is 5.00. The van der Waals surface area contributed by atoms with E-state index in [9.17, 15) is 9.59 Å². The van der Waals surface area contributed by atoms with Crippen LogP contribution >= 0.6 is 0 Å². The Hall–Kier alpha value is -2.08. The van der Waals surface area contributed by atoms with Gasteiger partial charge in [-0.05, 0) is 30.4 Å². The summed E-state index contributed by atoms with van der Waals surface area (Å²) in [5.41, 5.74) is 2.54. The van der Waals surface area contributed by atoms with E-state index in [4.69, 9.17) is 4.74 Å². The van der Waals surface area contributed by atoms with Crippen LogP contribution in [-0.2, 0) is 14.9 Å². The fraction of sp³-hybridized carbons (Fsp3) is 0.619. The number of nitrogens with zero attached hydrogens (tertiary/aromatic N) is 3. The van der Waals surface area contributed by atoms with Gasteiger partial charge in [-0.2, -0.15) is 0 Å². The monoisotopic (exact) mass is 371 g/mol. The maximum absolute atomic E-state index is 13.3. The molecule has 27 heavy (non-hydrogen) atoms. The quantitative estimate of drug-likeness (QED) is 0.759. The molecule has 1 aliphatic carbocycles. The van der Waals surface area contributed by atoms with Gasteiger partial charge in [0.2, 0.25) is 5.91 Å². The van der Waals surface area contributed by atoms with Crippen LogP contribution in [0.3, 0.4) is 0 Å². The first-order valence-electron chi connectivity index (χ1n) is 9.94. The number of amides is 3. The SMILES string of the molecule is CN(C)C(=O)N1CCC2(CC1)C[C@@H](C(=O)N1CCOCC1)c1ccccc12. The van der Waals surface area contributed by atoms with Gasteiger partial charge in [0, 0.05) is 45.7 Å². The molecule has 3 aliphatic rings. The van der Waals surface area contributed by atoms with Crippen molar-refractivity contribution in [3.8, 4) is 0 Å². The number of hydrogen-bond donors (Lipinski definition) is 0. The summed E-state index contributed by atoms with van der Waals surface area (Å²) in [6.07, 6.45) is 2.72. The highest BCUT2D eigenvalue weighted by atomic mass is 16.5. The van der Waals surface area contributed by atoms with Gasteiger partial charge in [-0.1, -0.05) is 24.3 Å². The number of morpholine rings is 1. The molecule has 2 aliphatic heterocycles. The molecule has 3 amide bonds. The molecule has 0 bridgehead atoms. The molecule has 1 aromatic rings. The summed E-state index contributed by atoms with van der Waals surface area (Å²) < 4.78 is 5.41. The van der Waals surface area contributed by atoms with E-state index in [1.165, 1.54) is 11.1 Å². The second-order valence-corrected chi connectivity index (χ2v) is 8.23. The predicted molar refractivity (Wildman–Crippen MR) is 103 cm³/mol. The molecule has 2 heterocycles. The van der Waals surface area contributed by atoms with Crippen molar-refractivity contribution in [2.75, 3.05) is 53.5 Å². The summed E-state index contributed by atoms with van der Waals surface area (Å²) >= 11 is 0. The molecule has 6 nitrogen and oxygen atoms in total. The largest absolute Gasteiger partial charge is 0.378 e. The molecular weight excluding hydrogens is 342 g/mol. The molecule has 0 radical (unpaired) electrons. The van der Waals surface area contributed by atoms with Gasteiger partial charge in [0.05, 0.1) is 19.1 Å². The second kappa shape index (κ2) is 7.15. The minimum atomic E-state index is -0.0598. The molecule has 0 saturated carbocycles. The molecule has 0 aromatic heterocycles. The van der Waals surface area contributed by atoms with Gasteiger partial charge in [-0.3, -0.25) is 4.79 Å². The third-order valence-corrected chi connectivity index (χ3v) is 6.50. The summed E-state index contributed by atoms with van der Waals surface area (Å²) in [6.45, 7) is 4.15. The second-order valence-electron chi connectivity index (χ2n) is 8.23. The lowest BCUT2D eigenvalue weighted by Crippen LogP contribution is -2.48. The van der Waals surface area contributed by atoms with E-state index in [0.29, 0.717) is 26.3 Å². The lowest BCUT2D eigenvalue weighted by atomic mass is 9.73. The minimum absolute atomic E-state index is 0.0201. The summed E-state index contributed by atoms with van der Waals surface area (Å²) in [7, 11) is 3.60. The zero-order valence-corrected chi connectivity index (χ0v) is 16.3. The van der Waals surface area contributed by atoms with E-state index in [1.807, 2.05) is 15.9 Å². The standard InChI is InChI=1S/C21H29N3O3/c1-22(2)20(26)24-9-7-21(8-10-24)15-17(16-5-3-4-6-18(16)21)19(25)23-11-13-27-14-12-23/h3-6,17H,7-15H2,1-2H3/t17-/m1/s1. The van der Waals surface area contributed by atoms with E-state index < -0.39 is 0 Å². The van der Waals surface area contributed by atoms with Crippen LogP contribution < -0.4 is 0 Å². The number of fused-ring (bicyclic) bond motifs is 2. The molecule has 2 fully saturated rings. The number of ether oxygens (including phenoxy) is 1. The molecule has 0 unspecified atom stereocenters. The minimum Gasteiger partial charge on any atom is -0.378 e. The molecule has 4 rings (SSSR count). The molecule has 0 N–H and O–H groups in total. The van der Waals surface area contributed by atoms with E-state index in [-0.39, 0.29) is 23.3 Å². The average molecular weight is 371 g/mol. The van der Waals surface area contributed by atoms with Crippen molar-refractivity contribution in [3.63, 3.8) is 0 Å². The molecule has 146 valence electrons. The molecule has 6 heteroatoms. The third kappa shape index (κ3) is 3.20. The van der Waals surface area contributed by atoms with Crippen LogP contribution in [0.5, 0.6) is 0 Å². The van der Waals surface area contributed by atoms with Crippen LogP contribution in [-0.4, -0.2) is 80.1 Å². The van der Waals surface area contributed by atoms with E-state index in [2.05, 4.69) is 18.2 Å². The smallest absolute Gasteiger partial charge is 0.319 e. The Bertz CT molecular complexity index is 719. The van der Waals surface area contributed by atoms with Crippen molar-refractivity contribution in [2.24, 2.45) is 0 Å². The van der Waals surface area contributed by atoms with Crippen LogP contribution in [0.2, 0.25) is 0 Å². The number of carbonyl (C=O) groups is 2. The van der Waals surface area contributed by atoms with E-state index in [0.717, 1.165) is 32.4 Å². The van der Waals surface area contributed by atoms with Gasteiger partial charge in [-0.25, -0.2) is 4.79 Å². The van der Waals surface area contributed by atoms with Crippen molar-refractivity contribution in [1.82, 2.24) is 14.7 Å². The molecule has 1 atom stereocenters. The summed E-state index contributed by atoms with van der Waals surface area (Å²) in [4.78, 5) is 31.1. The zero-order valence-electron chi connectivity index (χ0n) is 16.3. The van der Waals surface area contributed by atoms with Gasteiger partial charge in [0.15, 0.2) is 0 Å². The average Bonchev–Trinajstić information content (AvgIpc) is 3.02. The van der Waals surface area contributed by atoms with Crippen LogP contribution in [0.4, 0.5) is 4.79 Å². The van der Waals surface area contributed by atoms with Crippen molar-refractivity contribution >= 4 is 11.9 Å². The topological polar surface area (TPSA) is 53.1 Å². The van der Waals surface area contributed by atoms with Crippen LogP contribution in [0, 0.1) is 0 Å². The maximum atomic E-state index is 13.3. The highest BCUT2D eigenvalue weighted by Gasteiger charge is 2.48. The van der Waals surface area contributed by atoms with Crippen molar-refractivity contribution in [2.45, 2.75) is 30.6 Å². The van der Waals surface area contributed by atoms with Crippen molar-refractivity contribution in [1.29, 1.82) is 0 Å². The first-order valence-corrected chi connectivity index (χ1v) is 9.94. The van der Waals surface area contributed by atoms with Gasteiger partial charge in [0.1, 0.15) is 0 Å². The van der Waals surface area contributed by atoms with Crippen molar-refractivity contribution in [3.05, 3.63) is 35.4 Å². The normalized spacial score (nSPS) is 24.0. The van der Waals surface area contributed by atoms with Gasteiger partial charge in [-0.15, -0.1) is 0 Å². The Balaban J connectivity index is 1.56. The lowest BCUT2D eigenvalue weighted by molar-refractivity contribution is -0.137. The number of rotatable bonds is 1. The number of carbonyl (C=O) groups excluding carboxylic acids is 2. The Morgan fingerprint density at radius 3 is 2.37 bits per heavy atom. The number of benzene rings is 1. The molecule has 1 spiro atoms. The zero-order chi connectivity index (χ0) is 19.0. The van der Waals surface area contributed by atoms with E-state index in [1.54, 1.807) is 19.0 Å². The summed E-state index contributed by atoms with van der Waals surface area (Å²) in [5, 5.41) is 0.